The summed E-state index contributed by atoms with van der Waals surface area (Å²) < 4.78 is 58.5. The summed E-state index contributed by atoms with van der Waals surface area (Å²) >= 11 is 0. The first-order valence-electron chi connectivity index (χ1n) is 10.5. The number of amides is 2. The average molecular weight is 501 g/mol. The molecule has 0 atom stereocenters. The number of hydrogen-bond donors (Lipinski definition) is 2. The molecule has 1 saturated heterocycles. The van der Waals surface area contributed by atoms with E-state index < -0.39 is 18.0 Å². The van der Waals surface area contributed by atoms with Crippen molar-refractivity contribution in [3.8, 4) is 0 Å². The van der Waals surface area contributed by atoms with Crippen molar-refractivity contribution in [2.75, 3.05) is 32.7 Å². The molecule has 0 bridgehead atoms. The van der Waals surface area contributed by atoms with Crippen LogP contribution in [0.5, 0.6) is 0 Å². The Morgan fingerprint density at radius 1 is 0.971 bits per heavy atom. The maximum Gasteiger partial charge on any atom is 0.490 e. The van der Waals surface area contributed by atoms with E-state index in [-0.39, 0.29) is 42.7 Å². The van der Waals surface area contributed by atoms with Gasteiger partial charge in [0.05, 0.1) is 0 Å². The topological polar surface area (TPSA) is 90.0 Å². The number of carboxylic acids is 1. The van der Waals surface area contributed by atoms with Crippen molar-refractivity contribution < 1.29 is 41.4 Å². The Morgan fingerprint density at radius 2 is 1.57 bits per heavy atom. The second kappa shape index (κ2) is 12.8. The fourth-order valence-corrected chi connectivity index (χ4v) is 3.17. The third-order valence-electron chi connectivity index (χ3n) is 4.95. The van der Waals surface area contributed by atoms with Gasteiger partial charge in [0.1, 0.15) is 11.6 Å². The number of carbonyl (C=O) groups excluding carboxylic acids is 2. The van der Waals surface area contributed by atoms with Gasteiger partial charge in [0.15, 0.2) is 0 Å². The van der Waals surface area contributed by atoms with Crippen molar-refractivity contribution in [1.29, 1.82) is 0 Å². The van der Waals surface area contributed by atoms with E-state index in [1.165, 1.54) is 35.2 Å². The highest BCUT2D eigenvalue weighted by molar-refractivity contribution is 5.94. The predicted molar refractivity (Wildman–Crippen MR) is 115 cm³/mol. The standard InChI is InChI=1S/C21H23F2N3O2.C2HF3O2/c22-18-6-4-16(5-7-18)15-26(21(28)17-2-1-3-19(23)14-17)11-8-20(27)25-12-9-24-10-13-25;3-2(4,5)1(6)7/h1-7,14,24H,8-13,15H2;(H,6,7). The summed E-state index contributed by atoms with van der Waals surface area (Å²) in [6.45, 7) is 3.23. The number of halogens is 5. The van der Waals surface area contributed by atoms with Crippen molar-refractivity contribution in [3.63, 3.8) is 0 Å². The molecule has 12 heteroatoms. The van der Waals surface area contributed by atoms with Gasteiger partial charge in [-0.15, -0.1) is 0 Å². The van der Waals surface area contributed by atoms with Gasteiger partial charge in [-0.1, -0.05) is 18.2 Å². The Bertz CT molecular complexity index is 1010. The highest BCUT2D eigenvalue weighted by Crippen LogP contribution is 2.14. The van der Waals surface area contributed by atoms with E-state index >= 15 is 0 Å². The molecule has 1 heterocycles. The first kappa shape index (κ1) is 27.7. The molecule has 1 aliphatic rings. The molecule has 0 saturated carbocycles. The zero-order chi connectivity index (χ0) is 26.0. The predicted octanol–water partition coefficient (Wildman–Crippen LogP) is 3.06. The first-order valence-corrected chi connectivity index (χ1v) is 10.5. The molecule has 1 fully saturated rings. The van der Waals surface area contributed by atoms with Crippen molar-refractivity contribution >= 4 is 17.8 Å². The Labute approximate surface area is 198 Å². The summed E-state index contributed by atoms with van der Waals surface area (Å²) in [5.41, 5.74) is 0.956. The molecule has 190 valence electrons. The minimum absolute atomic E-state index is 0.0161. The highest BCUT2D eigenvalue weighted by atomic mass is 19.4. The molecular formula is C23H24F5N3O4. The summed E-state index contributed by atoms with van der Waals surface area (Å²) in [6.07, 6.45) is -4.90. The molecule has 2 aromatic carbocycles. The lowest BCUT2D eigenvalue weighted by molar-refractivity contribution is -0.192. The van der Waals surface area contributed by atoms with Crippen LogP contribution in [0.3, 0.4) is 0 Å². The highest BCUT2D eigenvalue weighted by Gasteiger charge is 2.38. The lowest BCUT2D eigenvalue weighted by Gasteiger charge is -2.29. The largest absolute Gasteiger partial charge is 0.490 e. The number of piperazine rings is 1. The van der Waals surface area contributed by atoms with E-state index in [0.717, 1.165) is 18.7 Å². The van der Waals surface area contributed by atoms with Crippen LogP contribution in [0.15, 0.2) is 48.5 Å². The lowest BCUT2D eigenvalue weighted by Crippen LogP contribution is -2.47. The molecule has 2 amide bonds. The van der Waals surface area contributed by atoms with Crippen LogP contribution in [-0.4, -0.2) is 71.6 Å². The Morgan fingerprint density at radius 3 is 2.11 bits per heavy atom. The van der Waals surface area contributed by atoms with Gasteiger partial charge in [-0.05, 0) is 35.9 Å². The second-order valence-electron chi connectivity index (χ2n) is 7.55. The van der Waals surface area contributed by atoms with Crippen LogP contribution in [0, 0.1) is 11.6 Å². The number of rotatable bonds is 6. The molecule has 0 aromatic heterocycles. The smallest absolute Gasteiger partial charge is 0.475 e. The van der Waals surface area contributed by atoms with Crippen molar-refractivity contribution in [2.24, 2.45) is 0 Å². The Kier molecular flexibility index (Phi) is 10.1. The monoisotopic (exact) mass is 501 g/mol. The van der Waals surface area contributed by atoms with E-state index in [2.05, 4.69) is 5.32 Å². The summed E-state index contributed by atoms with van der Waals surface area (Å²) in [5, 5.41) is 10.3. The Hall–Kier alpha value is -3.54. The maximum absolute atomic E-state index is 13.5. The van der Waals surface area contributed by atoms with Crippen LogP contribution in [0.2, 0.25) is 0 Å². The number of carboxylic acid groups (broad SMARTS) is 1. The molecule has 1 aliphatic heterocycles. The van der Waals surface area contributed by atoms with Gasteiger partial charge < -0.3 is 20.2 Å². The second-order valence-corrected chi connectivity index (χ2v) is 7.55. The molecule has 7 nitrogen and oxygen atoms in total. The summed E-state index contributed by atoms with van der Waals surface area (Å²) in [4.78, 5) is 37.5. The minimum Gasteiger partial charge on any atom is -0.475 e. The molecule has 2 aromatic rings. The van der Waals surface area contributed by atoms with E-state index in [9.17, 15) is 31.5 Å². The van der Waals surface area contributed by atoms with Crippen LogP contribution in [0.1, 0.15) is 22.3 Å². The van der Waals surface area contributed by atoms with Gasteiger partial charge in [-0.25, -0.2) is 13.6 Å². The molecule has 3 rings (SSSR count). The fraction of sp³-hybridized carbons (Fsp3) is 0.348. The molecule has 0 unspecified atom stereocenters. The number of alkyl halides is 3. The van der Waals surface area contributed by atoms with Gasteiger partial charge in [-0.3, -0.25) is 9.59 Å². The van der Waals surface area contributed by atoms with E-state index in [1.54, 1.807) is 23.1 Å². The molecule has 0 radical (unpaired) electrons. The fourth-order valence-electron chi connectivity index (χ4n) is 3.17. The van der Waals surface area contributed by atoms with Crippen LogP contribution in [-0.2, 0) is 16.1 Å². The molecule has 0 spiro atoms. The van der Waals surface area contributed by atoms with Gasteiger partial charge in [0.2, 0.25) is 5.91 Å². The van der Waals surface area contributed by atoms with E-state index in [1.807, 2.05) is 0 Å². The van der Waals surface area contributed by atoms with Gasteiger partial charge in [0, 0.05) is 51.3 Å². The van der Waals surface area contributed by atoms with Crippen molar-refractivity contribution in [2.45, 2.75) is 19.1 Å². The molecular weight excluding hydrogens is 477 g/mol. The molecule has 2 N–H and O–H groups in total. The minimum atomic E-state index is -5.08. The zero-order valence-corrected chi connectivity index (χ0v) is 18.5. The van der Waals surface area contributed by atoms with Crippen LogP contribution < -0.4 is 5.32 Å². The number of carbonyl (C=O) groups is 3. The maximum atomic E-state index is 13.5. The summed E-state index contributed by atoms with van der Waals surface area (Å²) in [5.74, 6) is -3.99. The average Bonchev–Trinajstić information content (AvgIpc) is 2.82. The van der Waals surface area contributed by atoms with Gasteiger partial charge >= 0.3 is 12.1 Å². The van der Waals surface area contributed by atoms with E-state index in [0.29, 0.717) is 13.1 Å². The first-order chi connectivity index (χ1) is 16.5. The Balaban J connectivity index is 0.000000540. The zero-order valence-electron chi connectivity index (χ0n) is 18.5. The number of aliphatic carboxylic acids is 1. The normalized spacial score (nSPS) is 13.5. The van der Waals surface area contributed by atoms with Crippen LogP contribution >= 0.6 is 0 Å². The number of nitrogens with zero attached hydrogens (tertiary/aromatic N) is 2. The van der Waals surface area contributed by atoms with Crippen molar-refractivity contribution in [3.05, 3.63) is 71.3 Å². The quantitative estimate of drug-likeness (QED) is 0.594. The molecule has 0 aliphatic carbocycles. The van der Waals surface area contributed by atoms with E-state index in [4.69, 9.17) is 9.90 Å². The van der Waals surface area contributed by atoms with Crippen LogP contribution in [0.4, 0.5) is 22.0 Å². The third-order valence-corrected chi connectivity index (χ3v) is 4.95. The number of nitrogens with one attached hydrogen (secondary N) is 1. The number of benzene rings is 2. The number of hydrogen-bond acceptors (Lipinski definition) is 4. The lowest BCUT2D eigenvalue weighted by atomic mass is 10.1. The molecule has 35 heavy (non-hydrogen) atoms. The third kappa shape index (κ3) is 9.32. The van der Waals surface area contributed by atoms with Crippen LogP contribution in [0.25, 0.3) is 0 Å². The summed E-state index contributed by atoms with van der Waals surface area (Å²) in [6, 6.07) is 11.3. The van der Waals surface area contributed by atoms with Gasteiger partial charge in [0.25, 0.3) is 5.91 Å². The SMILES string of the molecule is O=C(CCN(Cc1ccc(F)cc1)C(=O)c1cccc(F)c1)N1CCNCC1.O=C(O)C(F)(F)F. The van der Waals surface area contributed by atoms with Gasteiger partial charge in [-0.2, -0.15) is 13.2 Å². The summed E-state index contributed by atoms with van der Waals surface area (Å²) in [7, 11) is 0. The van der Waals surface area contributed by atoms with Crippen molar-refractivity contribution in [1.82, 2.24) is 15.1 Å².